The first kappa shape index (κ1) is 12.2. The molecular formula is C11H16N2O3S. The van der Waals surface area contributed by atoms with Gasteiger partial charge >= 0.3 is 0 Å². The van der Waals surface area contributed by atoms with E-state index in [4.69, 9.17) is 10.3 Å². The van der Waals surface area contributed by atoms with E-state index in [9.17, 15) is 8.42 Å². The summed E-state index contributed by atoms with van der Waals surface area (Å²) in [6.45, 7) is 1.88. The molecule has 0 aliphatic carbocycles. The van der Waals surface area contributed by atoms with Crippen molar-refractivity contribution in [1.82, 2.24) is 0 Å². The van der Waals surface area contributed by atoms with Gasteiger partial charge in [-0.2, -0.15) is 8.42 Å². The van der Waals surface area contributed by atoms with Crippen molar-refractivity contribution in [3.05, 3.63) is 18.2 Å². The number of nitrogen functional groups attached to an aromatic ring is 1. The molecule has 5 nitrogen and oxygen atoms in total. The summed E-state index contributed by atoms with van der Waals surface area (Å²) in [7, 11) is -4.17. The van der Waals surface area contributed by atoms with E-state index < -0.39 is 10.1 Å². The Morgan fingerprint density at radius 1 is 1.18 bits per heavy atom. The van der Waals surface area contributed by atoms with Crippen LogP contribution in [0.4, 0.5) is 11.4 Å². The van der Waals surface area contributed by atoms with Crippen LogP contribution in [0.3, 0.4) is 0 Å². The smallest absolute Gasteiger partial charge is 0.294 e. The van der Waals surface area contributed by atoms with Crippen molar-refractivity contribution >= 4 is 21.5 Å². The van der Waals surface area contributed by atoms with E-state index in [0.29, 0.717) is 5.69 Å². The van der Waals surface area contributed by atoms with Gasteiger partial charge < -0.3 is 10.6 Å². The highest BCUT2D eigenvalue weighted by Gasteiger charge is 2.16. The van der Waals surface area contributed by atoms with Gasteiger partial charge in [-0.05, 0) is 37.5 Å². The molecule has 2 rings (SSSR count). The maximum absolute atomic E-state index is 11.0. The molecule has 0 amide bonds. The first-order valence-corrected chi connectivity index (χ1v) is 7.04. The Morgan fingerprint density at radius 3 is 2.35 bits per heavy atom. The molecule has 0 radical (unpaired) electrons. The molecule has 0 aromatic heterocycles. The molecule has 3 N–H and O–H groups in total. The number of hydrogen-bond donors (Lipinski definition) is 2. The highest BCUT2D eigenvalue weighted by molar-refractivity contribution is 7.85. The lowest BCUT2D eigenvalue weighted by Crippen LogP contribution is -2.30. The summed E-state index contributed by atoms with van der Waals surface area (Å²) in [4.78, 5) is 1.99. The minimum Gasteiger partial charge on any atom is -0.397 e. The first-order valence-electron chi connectivity index (χ1n) is 5.60. The molecule has 1 saturated heterocycles. The minimum absolute atomic E-state index is 0.157. The van der Waals surface area contributed by atoms with Crippen LogP contribution in [0.2, 0.25) is 0 Å². The summed E-state index contributed by atoms with van der Waals surface area (Å²) >= 11 is 0. The van der Waals surface area contributed by atoms with Gasteiger partial charge in [-0.3, -0.25) is 4.55 Å². The Morgan fingerprint density at radius 2 is 1.82 bits per heavy atom. The molecule has 1 aromatic rings. The highest BCUT2D eigenvalue weighted by Crippen LogP contribution is 2.28. The quantitative estimate of drug-likeness (QED) is 0.619. The molecule has 1 fully saturated rings. The molecular weight excluding hydrogens is 240 g/mol. The predicted molar refractivity (Wildman–Crippen MR) is 66.7 cm³/mol. The van der Waals surface area contributed by atoms with Crippen LogP contribution < -0.4 is 10.6 Å². The number of hydrogen-bond acceptors (Lipinski definition) is 4. The van der Waals surface area contributed by atoms with Crippen LogP contribution in [0.1, 0.15) is 19.3 Å². The molecule has 0 atom stereocenters. The summed E-state index contributed by atoms with van der Waals surface area (Å²) in [5.74, 6) is 0. The molecule has 6 heteroatoms. The van der Waals surface area contributed by atoms with E-state index in [-0.39, 0.29) is 4.90 Å². The average Bonchev–Trinajstić information content (AvgIpc) is 2.29. The average molecular weight is 256 g/mol. The summed E-state index contributed by atoms with van der Waals surface area (Å²) in [6.07, 6.45) is 3.47. The van der Waals surface area contributed by atoms with Crippen molar-refractivity contribution in [2.24, 2.45) is 0 Å². The molecule has 0 unspecified atom stereocenters. The van der Waals surface area contributed by atoms with Gasteiger partial charge in [0.15, 0.2) is 0 Å². The number of nitrogens with two attached hydrogens (primary N) is 1. The monoisotopic (exact) mass is 256 g/mol. The minimum atomic E-state index is -4.17. The van der Waals surface area contributed by atoms with Crippen molar-refractivity contribution in [1.29, 1.82) is 0 Å². The maximum Gasteiger partial charge on any atom is 0.294 e. The fraction of sp³-hybridized carbons (Fsp3) is 0.455. The number of anilines is 2. The van der Waals surface area contributed by atoms with Crippen LogP contribution in [0.25, 0.3) is 0 Å². The van der Waals surface area contributed by atoms with Crippen LogP contribution in [-0.2, 0) is 10.1 Å². The summed E-state index contributed by atoms with van der Waals surface area (Å²) in [5, 5.41) is 0. The Labute approximate surface area is 101 Å². The third kappa shape index (κ3) is 2.70. The van der Waals surface area contributed by atoms with E-state index in [1.54, 1.807) is 6.07 Å². The standard InChI is InChI=1S/C11H16N2O3S/c12-10-8-9(17(14,15)16)4-5-11(10)13-6-2-1-3-7-13/h4-5,8H,1-3,6-7,12H2,(H,14,15,16). The third-order valence-electron chi connectivity index (χ3n) is 2.99. The lowest BCUT2D eigenvalue weighted by molar-refractivity contribution is 0.483. The van der Waals surface area contributed by atoms with Gasteiger partial charge in [-0.25, -0.2) is 0 Å². The fourth-order valence-electron chi connectivity index (χ4n) is 2.12. The maximum atomic E-state index is 11.0. The molecule has 94 valence electrons. The summed E-state index contributed by atoms with van der Waals surface area (Å²) in [5.41, 5.74) is 7.07. The normalized spacial score (nSPS) is 17.1. The number of nitrogens with zero attached hydrogens (tertiary/aromatic N) is 1. The van der Waals surface area contributed by atoms with Crippen LogP contribution in [-0.4, -0.2) is 26.1 Å². The SMILES string of the molecule is Nc1cc(S(=O)(=O)O)ccc1N1CCCCC1. The second-order valence-corrected chi connectivity index (χ2v) is 5.66. The lowest BCUT2D eigenvalue weighted by Gasteiger charge is -2.29. The molecule has 1 aliphatic rings. The van der Waals surface area contributed by atoms with Crippen molar-refractivity contribution in [2.45, 2.75) is 24.2 Å². The van der Waals surface area contributed by atoms with Crippen LogP contribution in [0.5, 0.6) is 0 Å². The second kappa shape index (κ2) is 4.54. The largest absolute Gasteiger partial charge is 0.397 e. The topological polar surface area (TPSA) is 83.6 Å². The van der Waals surface area contributed by atoms with Gasteiger partial charge in [-0.15, -0.1) is 0 Å². The highest BCUT2D eigenvalue weighted by atomic mass is 32.2. The molecule has 0 saturated carbocycles. The van der Waals surface area contributed by atoms with Crippen molar-refractivity contribution < 1.29 is 13.0 Å². The Hall–Kier alpha value is -1.27. The summed E-state index contributed by atoms with van der Waals surface area (Å²) < 4.78 is 30.8. The van der Waals surface area contributed by atoms with Crippen LogP contribution in [0.15, 0.2) is 23.1 Å². The van der Waals surface area contributed by atoms with Crippen molar-refractivity contribution in [3.8, 4) is 0 Å². The zero-order chi connectivity index (χ0) is 12.5. The molecule has 1 aromatic carbocycles. The zero-order valence-corrected chi connectivity index (χ0v) is 10.3. The molecule has 1 aliphatic heterocycles. The Bertz CT molecular complexity index is 507. The van der Waals surface area contributed by atoms with E-state index in [1.165, 1.54) is 18.6 Å². The Kier molecular flexibility index (Phi) is 3.26. The fourth-order valence-corrected chi connectivity index (χ4v) is 2.63. The van der Waals surface area contributed by atoms with Crippen LogP contribution >= 0.6 is 0 Å². The van der Waals surface area contributed by atoms with E-state index >= 15 is 0 Å². The van der Waals surface area contributed by atoms with Crippen LogP contribution in [0, 0.1) is 0 Å². The predicted octanol–water partition coefficient (Wildman–Crippen LogP) is 1.51. The van der Waals surface area contributed by atoms with Crippen molar-refractivity contribution in [3.63, 3.8) is 0 Å². The first-order chi connectivity index (χ1) is 7.98. The van der Waals surface area contributed by atoms with Gasteiger partial charge in [0.2, 0.25) is 0 Å². The number of rotatable bonds is 2. The second-order valence-electron chi connectivity index (χ2n) is 4.24. The van der Waals surface area contributed by atoms with E-state index in [1.807, 2.05) is 0 Å². The van der Waals surface area contributed by atoms with Gasteiger partial charge in [0, 0.05) is 13.1 Å². The number of piperidine rings is 1. The van der Waals surface area contributed by atoms with E-state index in [2.05, 4.69) is 4.90 Å². The third-order valence-corrected chi connectivity index (χ3v) is 3.84. The molecule has 0 spiro atoms. The molecule has 0 bridgehead atoms. The van der Waals surface area contributed by atoms with E-state index in [0.717, 1.165) is 31.6 Å². The lowest BCUT2D eigenvalue weighted by atomic mass is 10.1. The summed E-state index contributed by atoms with van der Waals surface area (Å²) in [6, 6.07) is 4.35. The molecule has 1 heterocycles. The molecule has 17 heavy (non-hydrogen) atoms. The number of benzene rings is 1. The van der Waals surface area contributed by atoms with Gasteiger partial charge in [0.1, 0.15) is 0 Å². The van der Waals surface area contributed by atoms with Gasteiger partial charge in [0.05, 0.1) is 16.3 Å². The van der Waals surface area contributed by atoms with Gasteiger partial charge in [0.25, 0.3) is 10.1 Å². The Balaban J connectivity index is 2.31. The zero-order valence-electron chi connectivity index (χ0n) is 9.46. The van der Waals surface area contributed by atoms with Crippen molar-refractivity contribution in [2.75, 3.05) is 23.7 Å². The van der Waals surface area contributed by atoms with Gasteiger partial charge in [-0.1, -0.05) is 0 Å².